The fraction of sp³-hybridized carbons (Fsp3) is 0.522. The molecule has 8 nitrogen and oxygen atoms in total. The number of rotatable bonds is 7. The van der Waals surface area contributed by atoms with Crippen LogP contribution in [0, 0.1) is 13.8 Å². The Labute approximate surface area is 183 Å². The second-order valence-corrected chi connectivity index (χ2v) is 8.03. The molecule has 1 aliphatic heterocycles. The normalized spacial score (nSPS) is 17.1. The first kappa shape index (κ1) is 22.8. The van der Waals surface area contributed by atoms with Crippen molar-refractivity contribution in [1.82, 2.24) is 19.6 Å². The zero-order valence-corrected chi connectivity index (χ0v) is 19.1. The monoisotopic (exact) mass is 428 g/mol. The van der Waals surface area contributed by atoms with Gasteiger partial charge < -0.3 is 19.3 Å². The Kier molecular flexibility index (Phi) is 7.33. The van der Waals surface area contributed by atoms with Crippen molar-refractivity contribution in [3.63, 3.8) is 0 Å². The smallest absolute Gasteiger partial charge is 0.242 e. The predicted molar refractivity (Wildman–Crippen MR) is 117 cm³/mol. The lowest BCUT2D eigenvalue weighted by atomic mass is 10.1. The van der Waals surface area contributed by atoms with Crippen LogP contribution in [0.2, 0.25) is 0 Å². The fourth-order valence-corrected chi connectivity index (χ4v) is 3.99. The quantitative estimate of drug-likeness (QED) is 0.673. The lowest BCUT2D eigenvalue weighted by Crippen LogP contribution is -2.39. The number of carbonyl (C=O) groups is 2. The number of benzene rings is 1. The molecule has 2 amide bonds. The van der Waals surface area contributed by atoms with Gasteiger partial charge >= 0.3 is 0 Å². The van der Waals surface area contributed by atoms with Gasteiger partial charge in [0, 0.05) is 45.9 Å². The van der Waals surface area contributed by atoms with Crippen molar-refractivity contribution in [3.05, 3.63) is 46.8 Å². The summed E-state index contributed by atoms with van der Waals surface area (Å²) in [5.74, 6) is 0.665. The van der Waals surface area contributed by atoms with E-state index in [2.05, 4.69) is 5.10 Å². The van der Waals surface area contributed by atoms with Crippen LogP contribution in [0.4, 0.5) is 0 Å². The van der Waals surface area contributed by atoms with Gasteiger partial charge in [0.25, 0.3) is 0 Å². The second kappa shape index (κ2) is 9.96. The molecule has 168 valence electrons. The van der Waals surface area contributed by atoms with Gasteiger partial charge in [-0.05, 0) is 43.5 Å². The molecule has 0 bridgehead atoms. The number of ether oxygens (including phenoxy) is 2. The first-order chi connectivity index (χ1) is 14.8. The molecule has 1 atom stereocenters. The topological polar surface area (TPSA) is 76.9 Å². The van der Waals surface area contributed by atoms with Crippen LogP contribution in [0.25, 0.3) is 0 Å². The maximum Gasteiger partial charge on any atom is 0.242 e. The van der Waals surface area contributed by atoms with E-state index in [1.165, 1.54) is 0 Å². The molecule has 0 unspecified atom stereocenters. The van der Waals surface area contributed by atoms with E-state index in [0.29, 0.717) is 32.5 Å². The molecular formula is C23H32N4O4. The van der Waals surface area contributed by atoms with Gasteiger partial charge in [0.05, 0.1) is 25.5 Å². The summed E-state index contributed by atoms with van der Waals surface area (Å²) in [6, 6.07) is 7.65. The summed E-state index contributed by atoms with van der Waals surface area (Å²) < 4.78 is 12.6. The first-order valence-corrected chi connectivity index (χ1v) is 10.5. The average Bonchev–Trinajstić information content (AvgIpc) is 2.90. The van der Waals surface area contributed by atoms with Gasteiger partial charge in [0.2, 0.25) is 11.8 Å². The highest BCUT2D eigenvalue weighted by Crippen LogP contribution is 2.18. The standard InChI is InChI=1S/C23H32N4O4/c1-16-21(17(2)25(3)24-16)10-11-22(28)27-14-20(31-5)13-26(23(29)15-27)12-18-6-8-19(30-4)9-7-18/h6-9,20H,10-15H2,1-5H3/t20-/m0/s1. The van der Waals surface area contributed by atoms with Crippen LogP contribution in [-0.2, 0) is 34.3 Å². The lowest BCUT2D eigenvalue weighted by molar-refractivity contribution is -0.139. The molecule has 31 heavy (non-hydrogen) atoms. The SMILES string of the molecule is COc1ccc(CN2C[C@H](OC)CN(C(=O)CCc3c(C)nn(C)c3C)CC2=O)cc1. The third-order valence-corrected chi connectivity index (χ3v) is 5.99. The van der Waals surface area contributed by atoms with Crippen LogP contribution in [0.5, 0.6) is 5.75 Å². The molecule has 1 saturated heterocycles. The highest BCUT2D eigenvalue weighted by Gasteiger charge is 2.30. The Balaban J connectivity index is 1.65. The van der Waals surface area contributed by atoms with E-state index in [-0.39, 0.29) is 24.5 Å². The molecule has 1 aliphatic rings. The number of amides is 2. The lowest BCUT2D eigenvalue weighted by Gasteiger charge is -2.23. The summed E-state index contributed by atoms with van der Waals surface area (Å²) in [4.78, 5) is 29.3. The van der Waals surface area contributed by atoms with Gasteiger partial charge in [-0.15, -0.1) is 0 Å². The van der Waals surface area contributed by atoms with E-state index in [1.54, 1.807) is 24.0 Å². The largest absolute Gasteiger partial charge is 0.497 e. The van der Waals surface area contributed by atoms with Gasteiger partial charge in [-0.1, -0.05) is 12.1 Å². The molecule has 1 aromatic heterocycles. The van der Waals surface area contributed by atoms with Crippen molar-refractivity contribution in [2.75, 3.05) is 33.9 Å². The molecule has 8 heteroatoms. The third kappa shape index (κ3) is 5.44. The number of aryl methyl sites for hydroxylation is 2. The van der Waals surface area contributed by atoms with Crippen LogP contribution in [-0.4, -0.2) is 71.4 Å². The number of nitrogens with zero attached hydrogens (tertiary/aromatic N) is 4. The number of methoxy groups -OCH3 is 2. The number of hydrogen-bond acceptors (Lipinski definition) is 5. The second-order valence-electron chi connectivity index (χ2n) is 8.03. The minimum absolute atomic E-state index is 0.0376. The zero-order chi connectivity index (χ0) is 22.5. The van der Waals surface area contributed by atoms with Crippen molar-refractivity contribution in [1.29, 1.82) is 0 Å². The number of aromatic nitrogens is 2. The molecule has 2 heterocycles. The average molecular weight is 429 g/mol. The minimum atomic E-state index is -0.226. The Morgan fingerprint density at radius 3 is 2.45 bits per heavy atom. The predicted octanol–water partition coefficient (Wildman–Crippen LogP) is 1.86. The molecule has 0 spiro atoms. The van der Waals surface area contributed by atoms with Crippen LogP contribution in [0.1, 0.15) is 28.9 Å². The van der Waals surface area contributed by atoms with Crippen molar-refractivity contribution in [2.24, 2.45) is 7.05 Å². The highest BCUT2D eigenvalue weighted by atomic mass is 16.5. The molecule has 0 N–H and O–H groups in total. The van der Waals surface area contributed by atoms with E-state index in [4.69, 9.17) is 9.47 Å². The van der Waals surface area contributed by atoms with E-state index >= 15 is 0 Å². The first-order valence-electron chi connectivity index (χ1n) is 10.5. The molecule has 0 radical (unpaired) electrons. The Morgan fingerprint density at radius 2 is 1.87 bits per heavy atom. The minimum Gasteiger partial charge on any atom is -0.497 e. The van der Waals surface area contributed by atoms with Crippen molar-refractivity contribution >= 4 is 11.8 Å². The van der Waals surface area contributed by atoms with E-state index in [9.17, 15) is 9.59 Å². The van der Waals surface area contributed by atoms with Gasteiger partial charge in [-0.2, -0.15) is 5.10 Å². The molecule has 1 fully saturated rings. The van der Waals surface area contributed by atoms with Crippen molar-refractivity contribution in [3.8, 4) is 5.75 Å². The van der Waals surface area contributed by atoms with Crippen molar-refractivity contribution < 1.29 is 19.1 Å². The Morgan fingerprint density at radius 1 is 1.16 bits per heavy atom. The Hall–Kier alpha value is -2.87. The molecule has 1 aromatic carbocycles. The van der Waals surface area contributed by atoms with Crippen LogP contribution >= 0.6 is 0 Å². The van der Waals surface area contributed by atoms with Crippen LogP contribution in [0.3, 0.4) is 0 Å². The maximum atomic E-state index is 13.0. The molecule has 3 rings (SSSR count). The van der Waals surface area contributed by atoms with Crippen LogP contribution < -0.4 is 4.74 Å². The van der Waals surface area contributed by atoms with Gasteiger partial charge in [-0.25, -0.2) is 0 Å². The highest BCUT2D eigenvalue weighted by molar-refractivity contribution is 5.85. The Bertz CT molecular complexity index is 922. The van der Waals surface area contributed by atoms with Crippen LogP contribution in [0.15, 0.2) is 24.3 Å². The fourth-order valence-electron chi connectivity index (χ4n) is 3.99. The summed E-state index contributed by atoms with van der Waals surface area (Å²) in [5.41, 5.74) is 4.12. The number of hydrogen-bond donors (Lipinski definition) is 0. The molecule has 0 aliphatic carbocycles. The summed E-state index contributed by atoms with van der Waals surface area (Å²) in [7, 11) is 5.15. The zero-order valence-electron chi connectivity index (χ0n) is 19.1. The molecular weight excluding hydrogens is 396 g/mol. The van der Waals surface area contributed by atoms with E-state index in [0.717, 1.165) is 28.3 Å². The number of carbonyl (C=O) groups excluding carboxylic acids is 2. The third-order valence-electron chi connectivity index (χ3n) is 5.99. The van der Waals surface area contributed by atoms with Gasteiger partial charge in [0.1, 0.15) is 5.75 Å². The summed E-state index contributed by atoms with van der Waals surface area (Å²) in [6.07, 6.45) is 0.730. The summed E-state index contributed by atoms with van der Waals surface area (Å²) in [5, 5.41) is 4.42. The summed E-state index contributed by atoms with van der Waals surface area (Å²) >= 11 is 0. The van der Waals surface area contributed by atoms with Gasteiger partial charge in [0.15, 0.2) is 0 Å². The molecule has 2 aromatic rings. The maximum absolute atomic E-state index is 13.0. The van der Waals surface area contributed by atoms with Gasteiger partial charge in [-0.3, -0.25) is 14.3 Å². The van der Waals surface area contributed by atoms with E-state index in [1.807, 2.05) is 49.8 Å². The van der Waals surface area contributed by atoms with Crippen molar-refractivity contribution in [2.45, 2.75) is 39.3 Å². The van der Waals surface area contributed by atoms with E-state index < -0.39 is 0 Å². The molecule has 0 saturated carbocycles. The summed E-state index contributed by atoms with van der Waals surface area (Å²) in [6.45, 7) is 5.36.